The number of carbonyl (C=O) groups is 2. The molecule has 4 aliphatic rings. The lowest BCUT2D eigenvalue weighted by molar-refractivity contribution is -0.172. The van der Waals surface area contributed by atoms with Gasteiger partial charge >= 0.3 is 0 Å². The van der Waals surface area contributed by atoms with E-state index < -0.39 is 18.3 Å². The number of phenolic OH excluding ortho intramolecular Hbond substituents is 2. The molecule has 1 fully saturated rings. The van der Waals surface area contributed by atoms with Crippen LogP contribution in [0.3, 0.4) is 0 Å². The number of hydrogen-bond donors (Lipinski definition) is 5. The Labute approximate surface area is 245 Å². The third-order valence-corrected chi connectivity index (χ3v) is 9.85. The van der Waals surface area contributed by atoms with Crippen molar-refractivity contribution in [2.24, 2.45) is 0 Å². The van der Waals surface area contributed by atoms with Gasteiger partial charge in [0.15, 0.2) is 11.5 Å². The number of phenols is 2. The molecule has 11 nitrogen and oxygen atoms in total. The Morgan fingerprint density at radius 2 is 1.76 bits per heavy atom. The number of hydrogen-bond acceptors (Lipinski definition) is 9. The zero-order valence-electron chi connectivity index (χ0n) is 24.9. The molecule has 4 heterocycles. The summed E-state index contributed by atoms with van der Waals surface area (Å²) in [5.41, 5.74) is 5.62. The monoisotopic (exact) mass is 580 g/mol. The van der Waals surface area contributed by atoms with Crippen molar-refractivity contribution in [2.45, 2.75) is 90.3 Å². The first-order valence-corrected chi connectivity index (χ1v) is 14.7. The van der Waals surface area contributed by atoms with Gasteiger partial charge in [0.2, 0.25) is 18.6 Å². The molecule has 11 heteroatoms. The molecular weight excluding hydrogens is 540 g/mol. The SMILES string of the molecule is CCC(=O)N[C@@H](C)C(=O)NC[C@H]1c2c(c(O)c(C)c3c2OCO3)CC2[C@H]3c4c(cc(C)c(C)c4O)C[C@@H]([C@H](O)N21)N3C. The summed E-state index contributed by atoms with van der Waals surface area (Å²) in [6.45, 7) is 9.13. The van der Waals surface area contributed by atoms with Crippen LogP contribution in [0.5, 0.6) is 23.0 Å². The van der Waals surface area contributed by atoms with Crippen LogP contribution in [0.4, 0.5) is 0 Å². The summed E-state index contributed by atoms with van der Waals surface area (Å²) < 4.78 is 11.7. The second-order valence-corrected chi connectivity index (χ2v) is 12.1. The lowest BCUT2D eigenvalue weighted by Crippen LogP contribution is -2.69. The summed E-state index contributed by atoms with van der Waals surface area (Å²) >= 11 is 0. The topological polar surface area (TPSA) is 144 Å². The van der Waals surface area contributed by atoms with E-state index in [1.54, 1.807) is 20.8 Å². The molecule has 2 aromatic carbocycles. The fraction of sp³-hybridized carbons (Fsp3) is 0.548. The van der Waals surface area contributed by atoms with Crippen LogP contribution in [-0.4, -0.2) is 81.7 Å². The average Bonchev–Trinajstić information content (AvgIpc) is 3.45. The summed E-state index contributed by atoms with van der Waals surface area (Å²) in [5.74, 6) is 0.755. The zero-order valence-corrected chi connectivity index (χ0v) is 24.9. The first-order valence-electron chi connectivity index (χ1n) is 14.7. The van der Waals surface area contributed by atoms with E-state index in [2.05, 4.69) is 21.6 Å². The molecule has 1 saturated heterocycles. The zero-order chi connectivity index (χ0) is 30.2. The number of rotatable bonds is 5. The van der Waals surface area contributed by atoms with E-state index in [1.165, 1.54) is 0 Å². The second-order valence-electron chi connectivity index (χ2n) is 12.1. The van der Waals surface area contributed by atoms with E-state index >= 15 is 0 Å². The van der Waals surface area contributed by atoms with E-state index in [0.29, 0.717) is 41.0 Å². The predicted octanol–water partition coefficient (Wildman–Crippen LogP) is 1.98. The van der Waals surface area contributed by atoms with Gasteiger partial charge in [0.25, 0.3) is 0 Å². The highest BCUT2D eigenvalue weighted by Crippen LogP contribution is 2.57. The van der Waals surface area contributed by atoms with Crippen molar-refractivity contribution in [1.29, 1.82) is 0 Å². The Hall–Kier alpha value is -3.54. The highest BCUT2D eigenvalue weighted by molar-refractivity contribution is 5.87. The van der Waals surface area contributed by atoms with E-state index in [0.717, 1.165) is 22.3 Å². The lowest BCUT2D eigenvalue weighted by atomic mass is 9.73. The lowest BCUT2D eigenvalue weighted by Gasteiger charge is -2.60. The largest absolute Gasteiger partial charge is 0.507 e. The van der Waals surface area contributed by atoms with Crippen LogP contribution in [0.2, 0.25) is 0 Å². The molecule has 2 amide bonds. The summed E-state index contributed by atoms with van der Waals surface area (Å²) in [4.78, 5) is 29.2. The summed E-state index contributed by atoms with van der Waals surface area (Å²) in [6.07, 6.45) is 0.281. The van der Waals surface area contributed by atoms with E-state index in [9.17, 15) is 24.9 Å². The molecule has 0 aromatic heterocycles. The van der Waals surface area contributed by atoms with Gasteiger partial charge in [0.1, 0.15) is 23.8 Å². The number of aliphatic hydroxyl groups excluding tert-OH is 1. The van der Waals surface area contributed by atoms with Crippen molar-refractivity contribution >= 4 is 11.8 Å². The predicted molar refractivity (Wildman–Crippen MR) is 154 cm³/mol. The molecule has 4 aliphatic heterocycles. The van der Waals surface area contributed by atoms with Crippen LogP contribution in [-0.2, 0) is 22.4 Å². The Morgan fingerprint density at radius 3 is 2.48 bits per heavy atom. The fourth-order valence-corrected chi connectivity index (χ4v) is 7.48. The molecule has 2 bridgehead atoms. The van der Waals surface area contributed by atoms with Crippen LogP contribution < -0.4 is 20.1 Å². The quantitative estimate of drug-likeness (QED) is 0.359. The third-order valence-electron chi connectivity index (χ3n) is 9.85. The van der Waals surface area contributed by atoms with Gasteiger partial charge in [-0.05, 0) is 64.3 Å². The maximum absolute atomic E-state index is 13.1. The van der Waals surface area contributed by atoms with E-state index in [4.69, 9.17) is 9.47 Å². The molecule has 0 aliphatic carbocycles. The van der Waals surface area contributed by atoms with Gasteiger partial charge in [-0.2, -0.15) is 0 Å². The van der Waals surface area contributed by atoms with Gasteiger partial charge in [-0.15, -0.1) is 0 Å². The minimum absolute atomic E-state index is 0.00503. The molecule has 6 rings (SSSR count). The first-order chi connectivity index (χ1) is 20.0. The molecule has 0 spiro atoms. The summed E-state index contributed by atoms with van der Waals surface area (Å²) in [7, 11) is 1.97. The highest BCUT2D eigenvalue weighted by Gasteiger charge is 2.56. The van der Waals surface area contributed by atoms with Gasteiger partial charge in [-0.1, -0.05) is 13.0 Å². The molecular formula is C31H40N4O7. The maximum Gasteiger partial charge on any atom is 0.242 e. The number of benzene rings is 2. The van der Waals surface area contributed by atoms with E-state index in [1.807, 2.05) is 25.8 Å². The molecule has 5 N–H and O–H groups in total. The number of aromatic hydroxyl groups is 2. The number of fused-ring (bicyclic) bond motifs is 9. The van der Waals surface area contributed by atoms with Crippen molar-refractivity contribution in [3.63, 3.8) is 0 Å². The number of likely N-dealkylation sites (N-methyl/N-ethyl adjacent to an activating group) is 1. The minimum Gasteiger partial charge on any atom is -0.507 e. The number of piperazine rings is 1. The number of aryl methyl sites for hydroxylation is 1. The van der Waals surface area contributed by atoms with Crippen LogP contribution >= 0.6 is 0 Å². The fourth-order valence-electron chi connectivity index (χ4n) is 7.48. The normalized spacial score (nSPS) is 26.6. The van der Waals surface area contributed by atoms with Crippen molar-refractivity contribution in [3.8, 4) is 23.0 Å². The molecule has 1 unspecified atom stereocenters. The number of nitrogens with zero attached hydrogens (tertiary/aromatic N) is 2. The highest BCUT2D eigenvalue weighted by atomic mass is 16.7. The van der Waals surface area contributed by atoms with Gasteiger partial charge in [-0.3, -0.25) is 19.4 Å². The molecule has 0 radical (unpaired) electrons. The Bertz CT molecular complexity index is 1480. The number of amides is 2. The standard InChI is InChI=1S/C31H40N4O7/c1-7-22(36)33-16(5)30(39)32-11-21-24-18(26(37)15(4)28-29(24)42-12-41-28)10-19-25-23-17(8-13(2)14(3)27(23)38)9-20(34(25)6)31(40)35(19)21/h8,16,19-21,25,31,37-38,40H,7,9-12H2,1-6H3,(H,32,39)(H,33,36)/t16-,19?,20-,21-,25-,31-/m0/s1. The third kappa shape index (κ3) is 4.12. The Morgan fingerprint density at radius 1 is 1.05 bits per heavy atom. The summed E-state index contributed by atoms with van der Waals surface area (Å²) in [5, 5.41) is 40.6. The molecule has 6 atom stereocenters. The number of nitrogens with one attached hydrogen (secondary N) is 2. The van der Waals surface area contributed by atoms with Crippen LogP contribution in [0.15, 0.2) is 6.07 Å². The van der Waals surface area contributed by atoms with Gasteiger partial charge in [0, 0.05) is 41.3 Å². The second kappa shape index (κ2) is 10.3. The Kier molecular flexibility index (Phi) is 7.02. The first kappa shape index (κ1) is 28.6. The van der Waals surface area contributed by atoms with Crippen molar-refractivity contribution in [3.05, 3.63) is 45.0 Å². The minimum atomic E-state index is -0.915. The molecule has 226 valence electrons. The number of carbonyl (C=O) groups excluding carboxylic acids is 2. The van der Waals surface area contributed by atoms with Crippen molar-refractivity contribution in [2.75, 3.05) is 20.4 Å². The smallest absolute Gasteiger partial charge is 0.242 e. The van der Waals surface area contributed by atoms with Crippen LogP contribution in [0.25, 0.3) is 0 Å². The van der Waals surface area contributed by atoms with Crippen molar-refractivity contribution < 1.29 is 34.4 Å². The number of aliphatic hydroxyl groups is 1. The molecule has 42 heavy (non-hydrogen) atoms. The molecule has 2 aromatic rings. The van der Waals surface area contributed by atoms with Crippen molar-refractivity contribution in [1.82, 2.24) is 20.4 Å². The van der Waals surface area contributed by atoms with Crippen LogP contribution in [0, 0.1) is 20.8 Å². The number of ether oxygens (including phenoxy) is 2. The Balaban J connectivity index is 1.47. The summed E-state index contributed by atoms with van der Waals surface area (Å²) in [6, 6.07) is -0.110. The van der Waals surface area contributed by atoms with Crippen LogP contribution in [0.1, 0.15) is 71.3 Å². The maximum atomic E-state index is 13.1. The van der Waals surface area contributed by atoms with Gasteiger partial charge in [-0.25, -0.2) is 0 Å². The molecule has 0 saturated carbocycles. The average molecular weight is 581 g/mol. The van der Waals surface area contributed by atoms with E-state index in [-0.39, 0.29) is 61.2 Å². The van der Waals surface area contributed by atoms with Gasteiger partial charge < -0.3 is 35.4 Å². The van der Waals surface area contributed by atoms with Gasteiger partial charge in [0.05, 0.1) is 18.1 Å².